The molecule has 0 spiro atoms. The third-order valence-electron chi connectivity index (χ3n) is 2.87. The van der Waals surface area contributed by atoms with Crippen LogP contribution in [0, 0.1) is 0 Å². The normalized spacial score (nSPS) is 12.2. The highest BCUT2D eigenvalue weighted by molar-refractivity contribution is 6.29. The van der Waals surface area contributed by atoms with E-state index >= 15 is 0 Å². The summed E-state index contributed by atoms with van der Waals surface area (Å²) in [5.41, 5.74) is 1.34. The third-order valence-corrected chi connectivity index (χ3v) is 3.06. The largest absolute Gasteiger partial charge is 0.348 e. The lowest BCUT2D eigenvalue weighted by Crippen LogP contribution is -2.35. The van der Waals surface area contributed by atoms with Crippen LogP contribution < -0.4 is 5.32 Å². The Hall–Kier alpha value is -1.88. The van der Waals surface area contributed by atoms with E-state index in [1.54, 1.807) is 23.0 Å². The first-order valence-electron chi connectivity index (χ1n) is 6.53. The van der Waals surface area contributed by atoms with Crippen LogP contribution in [0.5, 0.6) is 0 Å². The molecule has 1 unspecified atom stereocenters. The van der Waals surface area contributed by atoms with E-state index < -0.39 is 0 Å². The first-order chi connectivity index (χ1) is 9.58. The van der Waals surface area contributed by atoms with Gasteiger partial charge in [-0.1, -0.05) is 18.5 Å². The molecule has 2 heterocycles. The molecule has 0 aliphatic rings. The predicted octanol–water partition coefficient (Wildman–Crippen LogP) is 2.31. The summed E-state index contributed by atoms with van der Waals surface area (Å²) in [4.78, 5) is 16.3. The number of carbonyl (C=O) groups is 1. The lowest BCUT2D eigenvalue weighted by molar-refractivity contribution is 0.0936. The second kappa shape index (κ2) is 6.52. The monoisotopic (exact) mass is 292 g/mol. The summed E-state index contributed by atoms with van der Waals surface area (Å²) in [5.74, 6) is -0.149. The molecule has 0 aromatic carbocycles. The van der Waals surface area contributed by atoms with Crippen molar-refractivity contribution in [3.8, 4) is 0 Å². The predicted molar refractivity (Wildman–Crippen MR) is 77.8 cm³/mol. The highest BCUT2D eigenvalue weighted by atomic mass is 35.5. The number of nitrogens with zero attached hydrogens (tertiary/aromatic N) is 3. The summed E-state index contributed by atoms with van der Waals surface area (Å²) < 4.78 is 1.78. The Labute approximate surface area is 123 Å². The zero-order valence-corrected chi connectivity index (χ0v) is 12.3. The zero-order valence-electron chi connectivity index (χ0n) is 11.5. The molecule has 5 nitrogen and oxygen atoms in total. The van der Waals surface area contributed by atoms with Gasteiger partial charge >= 0.3 is 0 Å². The van der Waals surface area contributed by atoms with Gasteiger partial charge in [-0.3, -0.25) is 9.48 Å². The van der Waals surface area contributed by atoms with Crippen molar-refractivity contribution < 1.29 is 4.79 Å². The van der Waals surface area contributed by atoms with Crippen LogP contribution in [-0.4, -0.2) is 26.7 Å². The van der Waals surface area contributed by atoms with Crippen LogP contribution in [-0.2, 0) is 13.0 Å². The van der Waals surface area contributed by atoms with Gasteiger partial charge in [-0.05, 0) is 31.5 Å². The Morgan fingerprint density at radius 3 is 2.95 bits per heavy atom. The Morgan fingerprint density at radius 1 is 1.50 bits per heavy atom. The highest BCUT2D eigenvalue weighted by Crippen LogP contribution is 2.11. The number of rotatable bonds is 5. The SMILES string of the molecule is CCc1cc(C(=O)NC(C)Cn2cccn2)cc(Cl)n1. The molecule has 2 aromatic heterocycles. The average Bonchev–Trinajstić information content (AvgIpc) is 2.90. The number of halogens is 1. The van der Waals surface area contributed by atoms with Crippen LogP contribution in [0.1, 0.15) is 29.9 Å². The van der Waals surface area contributed by atoms with E-state index in [0.717, 1.165) is 12.1 Å². The molecule has 1 atom stereocenters. The third kappa shape index (κ3) is 3.81. The van der Waals surface area contributed by atoms with Crippen LogP contribution in [0.2, 0.25) is 5.15 Å². The van der Waals surface area contributed by atoms with E-state index in [2.05, 4.69) is 15.4 Å². The van der Waals surface area contributed by atoms with Crippen molar-refractivity contribution in [2.75, 3.05) is 0 Å². The number of amides is 1. The molecule has 0 radical (unpaired) electrons. The fraction of sp³-hybridized carbons (Fsp3) is 0.357. The second-order valence-electron chi connectivity index (χ2n) is 4.63. The molecule has 2 rings (SSSR count). The summed E-state index contributed by atoms with van der Waals surface area (Å²) in [5, 5.41) is 7.38. The van der Waals surface area contributed by atoms with E-state index in [1.807, 2.05) is 26.1 Å². The number of pyridine rings is 1. The average molecular weight is 293 g/mol. The summed E-state index contributed by atoms with van der Waals surface area (Å²) in [6, 6.07) is 5.17. The molecule has 20 heavy (non-hydrogen) atoms. The molecule has 1 N–H and O–H groups in total. The number of hydrogen-bond donors (Lipinski definition) is 1. The Kier molecular flexibility index (Phi) is 4.74. The van der Waals surface area contributed by atoms with E-state index in [9.17, 15) is 4.79 Å². The van der Waals surface area contributed by atoms with Crippen molar-refractivity contribution in [2.24, 2.45) is 0 Å². The molecular weight excluding hydrogens is 276 g/mol. The molecular formula is C14H17ClN4O. The first kappa shape index (κ1) is 14.5. The quantitative estimate of drug-likeness (QED) is 0.860. The van der Waals surface area contributed by atoms with E-state index in [4.69, 9.17) is 11.6 Å². The van der Waals surface area contributed by atoms with Gasteiger partial charge in [0.05, 0.1) is 6.54 Å². The standard InChI is InChI=1S/C14H17ClN4O/c1-3-12-7-11(8-13(15)18-12)14(20)17-10(2)9-19-6-4-5-16-19/h4-8,10H,3,9H2,1-2H3,(H,17,20). The summed E-state index contributed by atoms with van der Waals surface area (Å²) in [7, 11) is 0. The molecule has 106 valence electrons. The van der Waals surface area contributed by atoms with Crippen LogP contribution in [0.3, 0.4) is 0 Å². The topological polar surface area (TPSA) is 59.8 Å². The minimum atomic E-state index is -0.149. The number of carbonyl (C=O) groups excluding carboxylic acids is 1. The molecule has 2 aromatic rings. The number of nitrogens with one attached hydrogen (secondary N) is 1. The van der Waals surface area contributed by atoms with Gasteiger partial charge in [0.15, 0.2) is 0 Å². The van der Waals surface area contributed by atoms with Gasteiger partial charge in [0.2, 0.25) is 0 Å². The summed E-state index contributed by atoms with van der Waals surface area (Å²) in [6.45, 7) is 4.53. The molecule has 0 aliphatic carbocycles. The van der Waals surface area contributed by atoms with Gasteiger partial charge in [0.25, 0.3) is 5.91 Å². The van der Waals surface area contributed by atoms with Crippen molar-refractivity contribution in [3.05, 3.63) is 47.0 Å². The Morgan fingerprint density at radius 2 is 2.30 bits per heavy atom. The number of hydrogen-bond acceptors (Lipinski definition) is 3. The van der Waals surface area contributed by atoms with Gasteiger partial charge in [-0.15, -0.1) is 0 Å². The van der Waals surface area contributed by atoms with Crippen LogP contribution >= 0.6 is 11.6 Å². The van der Waals surface area contributed by atoms with Crippen molar-refractivity contribution >= 4 is 17.5 Å². The Bertz CT molecular complexity index is 583. The molecule has 0 fully saturated rings. The van der Waals surface area contributed by atoms with Crippen molar-refractivity contribution in [1.82, 2.24) is 20.1 Å². The van der Waals surface area contributed by atoms with Crippen LogP contribution in [0.15, 0.2) is 30.6 Å². The lowest BCUT2D eigenvalue weighted by atomic mass is 10.2. The number of aromatic nitrogens is 3. The van der Waals surface area contributed by atoms with Gasteiger partial charge in [0.1, 0.15) is 5.15 Å². The van der Waals surface area contributed by atoms with E-state index in [-0.39, 0.29) is 11.9 Å². The van der Waals surface area contributed by atoms with Gasteiger partial charge in [-0.2, -0.15) is 5.10 Å². The van der Waals surface area contributed by atoms with Gasteiger partial charge < -0.3 is 5.32 Å². The first-order valence-corrected chi connectivity index (χ1v) is 6.91. The van der Waals surface area contributed by atoms with E-state index in [0.29, 0.717) is 17.3 Å². The Balaban J connectivity index is 2.02. The maximum absolute atomic E-state index is 12.2. The smallest absolute Gasteiger partial charge is 0.251 e. The van der Waals surface area contributed by atoms with Gasteiger partial charge in [0, 0.05) is 29.7 Å². The van der Waals surface area contributed by atoms with Crippen LogP contribution in [0.4, 0.5) is 0 Å². The lowest BCUT2D eigenvalue weighted by Gasteiger charge is -2.14. The van der Waals surface area contributed by atoms with Crippen LogP contribution in [0.25, 0.3) is 0 Å². The van der Waals surface area contributed by atoms with Gasteiger partial charge in [-0.25, -0.2) is 4.98 Å². The zero-order chi connectivity index (χ0) is 14.5. The van der Waals surface area contributed by atoms with Crippen molar-refractivity contribution in [2.45, 2.75) is 32.9 Å². The van der Waals surface area contributed by atoms with Crippen molar-refractivity contribution in [3.63, 3.8) is 0 Å². The molecule has 0 saturated heterocycles. The molecule has 0 aliphatic heterocycles. The summed E-state index contributed by atoms with van der Waals surface area (Å²) >= 11 is 5.92. The molecule has 1 amide bonds. The summed E-state index contributed by atoms with van der Waals surface area (Å²) in [6.07, 6.45) is 4.32. The molecule has 0 bridgehead atoms. The maximum Gasteiger partial charge on any atom is 0.251 e. The van der Waals surface area contributed by atoms with Crippen molar-refractivity contribution in [1.29, 1.82) is 0 Å². The highest BCUT2D eigenvalue weighted by Gasteiger charge is 2.12. The maximum atomic E-state index is 12.2. The second-order valence-corrected chi connectivity index (χ2v) is 5.01. The molecule has 0 saturated carbocycles. The fourth-order valence-corrected chi connectivity index (χ4v) is 2.13. The minimum absolute atomic E-state index is 0.0283. The fourth-order valence-electron chi connectivity index (χ4n) is 1.91. The molecule has 6 heteroatoms. The van der Waals surface area contributed by atoms with E-state index in [1.165, 1.54) is 0 Å². The number of aryl methyl sites for hydroxylation is 1. The minimum Gasteiger partial charge on any atom is -0.348 e.